The van der Waals surface area contributed by atoms with Crippen LogP contribution in [0.2, 0.25) is 5.02 Å². The van der Waals surface area contributed by atoms with Crippen molar-refractivity contribution in [3.8, 4) is 0 Å². The monoisotopic (exact) mass is 315 g/mol. The Morgan fingerprint density at radius 3 is 2.90 bits per heavy atom. The van der Waals surface area contributed by atoms with E-state index in [1.165, 1.54) is 0 Å². The standard InChI is InChI=1S/C14H18ClNO3S/c15-12-3-1-11(2-4-12)9-20-10-14(18)16-5-6-19-13(7-16)8-17/h1-4,13,17H,5-10H2. The molecule has 1 aromatic carbocycles. The van der Waals surface area contributed by atoms with E-state index in [9.17, 15) is 4.79 Å². The Balaban J connectivity index is 1.73. The van der Waals surface area contributed by atoms with Crippen LogP contribution in [0.4, 0.5) is 0 Å². The Kier molecular flexibility index (Phi) is 6.16. The van der Waals surface area contributed by atoms with E-state index in [-0.39, 0.29) is 18.6 Å². The summed E-state index contributed by atoms with van der Waals surface area (Å²) in [7, 11) is 0. The molecule has 1 N–H and O–H groups in total. The first kappa shape index (κ1) is 15.6. The highest BCUT2D eigenvalue weighted by molar-refractivity contribution is 7.99. The van der Waals surface area contributed by atoms with E-state index in [4.69, 9.17) is 21.4 Å². The highest BCUT2D eigenvalue weighted by Crippen LogP contribution is 2.16. The summed E-state index contributed by atoms with van der Waals surface area (Å²) in [5, 5.41) is 9.78. The van der Waals surface area contributed by atoms with Gasteiger partial charge in [0.1, 0.15) is 0 Å². The topological polar surface area (TPSA) is 49.8 Å². The molecule has 2 rings (SSSR count). The van der Waals surface area contributed by atoms with Gasteiger partial charge >= 0.3 is 0 Å². The average molecular weight is 316 g/mol. The van der Waals surface area contributed by atoms with Gasteiger partial charge < -0.3 is 14.7 Å². The molecule has 1 atom stereocenters. The lowest BCUT2D eigenvalue weighted by atomic mass is 10.2. The van der Waals surface area contributed by atoms with Gasteiger partial charge in [-0.2, -0.15) is 0 Å². The molecule has 0 aromatic heterocycles. The van der Waals surface area contributed by atoms with Gasteiger partial charge in [-0.25, -0.2) is 0 Å². The van der Waals surface area contributed by atoms with E-state index in [2.05, 4.69) is 0 Å². The lowest BCUT2D eigenvalue weighted by Gasteiger charge is -2.32. The summed E-state index contributed by atoms with van der Waals surface area (Å²) in [6.45, 7) is 1.55. The largest absolute Gasteiger partial charge is 0.394 e. The Hall–Kier alpha value is -0.750. The van der Waals surface area contributed by atoms with E-state index in [0.29, 0.717) is 25.4 Å². The van der Waals surface area contributed by atoms with E-state index >= 15 is 0 Å². The van der Waals surface area contributed by atoms with Crippen LogP contribution < -0.4 is 0 Å². The fourth-order valence-electron chi connectivity index (χ4n) is 1.98. The Bertz CT molecular complexity index is 441. The van der Waals surface area contributed by atoms with E-state index in [1.807, 2.05) is 24.3 Å². The van der Waals surface area contributed by atoms with Gasteiger partial charge in [0.25, 0.3) is 0 Å². The second-order valence-corrected chi connectivity index (χ2v) is 6.06. The fourth-order valence-corrected chi connectivity index (χ4v) is 3.00. The van der Waals surface area contributed by atoms with Crippen LogP contribution in [-0.2, 0) is 15.3 Å². The van der Waals surface area contributed by atoms with Crippen LogP contribution >= 0.6 is 23.4 Å². The molecular weight excluding hydrogens is 298 g/mol. The molecule has 6 heteroatoms. The first-order valence-corrected chi connectivity index (χ1v) is 8.04. The predicted molar refractivity (Wildman–Crippen MR) is 81.0 cm³/mol. The van der Waals surface area contributed by atoms with Gasteiger partial charge in [0.15, 0.2) is 0 Å². The molecule has 110 valence electrons. The van der Waals surface area contributed by atoms with E-state index < -0.39 is 0 Å². The van der Waals surface area contributed by atoms with Crippen molar-refractivity contribution in [2.45, 2.75) is 11.9 Å². The summed E-state index contributed by atoms with van der Waals surface area (Å²) in [6.07, 6.45) is -0.242. The van der Waals surface area contributed by atoms with Gasteiger partial charge in [0, 0.05) is 23.9 Å². The maximum Gasteiger partial charge on any atom is 0.232 e. The minimum Gasteiger partial charge on any atom is -0.394 e. The number of hydrogen-bond acceptors (Lipinski definition) is 4. The molecule has 20 heavy (non-hydrogen) atoms. The van der Waals surface area contributed by atoms with Crippen molar-refractivity contribution in [1.82, 2.24) is 4.90 Å². The summed E-state index contributed by atoms with van der Waals surface area (Å²) in [4.78, 5) is 13.8. The predicted octanol–water partition coefficient (Wildman–Crippen LogP) is 1.79. The van der Waals surface area contributed by atoms with Crippen LogP contribution in [0.5, 0.6) is 0 Å². The van der Waals surface area contributed by atoms with Crippen LogP contribution in [0.3, 0.4) is 0 Å². The number of carbonyl (C=O) groups is 1. The lowest BCUT2D eigenvalue weighted by Crippen LogP contribution is -2.47. The number of nitrogens with zero attached hydrogens (tertiary/aromatic N) is 1. The molecule has 1 fully saturated rings. The molecule has 1 aromatic rings. The zero-order valence-electron chi connectivity index (χ0n) is 11.1. The van der Waals surface area contributed by atoms with Crippen molar-refractivity contribution in [3.63, 3.8) is 0 Å². The van der Waals surface area contributed by atoms with E-state index in [0.717, 1.165) is 16.3 Å². The Morgan fingerprint density at radius 1 is 1.45 bits per heavy atom. The molecule has 0 aliphatic carbocycles. The van der Waals surface area contributed by atoms with Crippen LogP contribution in [0.25, 0.3) is 0 Å². The molecule has 0 bridgehead atoms. The third kappa shape index (κ3) is 4.66. The van der Waals surface area contributed by atoms with Gasteiger partial charge in [0.2, 0.25) is 5.91 Å². The SMILES string of the molecule is O=C(CSCc1ccc(Cl)cc1)N1CCOC(CO)C1. The number of halogens is 1. The first-order valence-electron chi connectivity index (χ1n) is 6.51. The minimum absolute atomic E-state index is 0.0400. The maximum atomic E-state index is 12.1. The quantitative estimate of drug-likeness (QED) is 0.900. The molecular formula is C14H18ClNO3S. The van der Waals surface area contributed by atoms with Gasteiger partial charge in [-0.1, -0.05) is 23.7 Å². The second kappa shape index (κ2) is 7.88. The minimum atomic E-state index is -0.242. The van der Waals surface area contributed by atoms with Crippen molar-refractivity contribution in [1.29, 1.82) is 0 Å². The number of morpholine rings is 1. The normalized spacial score (nSPS) is 19.1. The molecule has 0 spiro atoms. The van der Waals surface area contributed by atoms with Crippen molar-refractivity contribution < 1.29 is 14.6 Å². The number of aliphatic hydroxyl groups excluding tert-OH is 1. The molecule has 1 aliphatic rings. The number of ether oxygens (including phenoxy) is 1. The van der Waals surface area contributed by atoms with Crippen molar-refractivity contribution >= 4 is 29.3 Å². The number of thioether (sulfide) groups is 1. The summed E-state index contributed by atoms with van der Waals surface area (Å²) in [5.41, 5.74) is 1.16. The number of benzene rings is 1. The van der Waals surface area contributed by atoms with Crippen molar-refractivity contribution in [3.05, 3.63) is 34.9 Å². The highest BCUT2D eigenvalue weighted by atomic mass is 35.5. The highest BCUT2D eigenvalue weighted by Gasteiger charge is 2.23. The zero-order chi connectivity index (χ0) is 14.4. The molecule has 4 nitrogen and oxygen atoms in total. The molecule has 1 aliphatic heterocycles. The number of amides is 1. The van der Waals surface area contributed by atoms with Crippen molar-refractivity contribution in [2.24, 2.45) is 0 Å². The Morgan fingerprint density at radius 2 is 2.20 bits per heavy atom. The van der Waals surface area contributed by atoms with Gasteiger partial charge in [-0.15, -0.1) is 11.8 Å². The smallest absolute Gasteiger partial charge is 0.232 e. The summed E-state index contributed by atoms with van der Waals surface area (Å²) < 4.78 is 5.33. The summed E-state index contributed by atoms with van der Waals surface area (Å²) >= 11 is 7.41. The summed E-state index contributed by atoms with van der Waals surface area (Å²) in [6, 6.07) is 7.65. The number of aliphatic hydroxyl groups is 1. The molecule has 1 unspecified atom stereocenters. The van der Waals surface area contributed by atoms with Gasteiger partial charge in [-0.3, -0.25) is 4.79 Å². The maximum absolute atomic E-state index is 12.1. The third-order valence-electron chi connectivity index (χ3n) is 3.10. The molecule has 0 saturated carbocycles. The average Bonchev–Trinajstić information content (AvgIpc) is 2.49. The molecule has 1 amide bonds. The number of hydrogen-bond donors (Lipinski definition) is 1. The lowest BCUT2D eigenvalue weighted by molar-refractivity contribution is -0.137. The van der Waals surface area contributed by atoms with Crippen LogP contribution in [0.15, 0.2) is 24.3 Å². The van der Waals surface area contributed by atoms with Crippen LogP contribution in [0, 0.1) is 0 Å². The van der Waals surface area contributed by atoms with E-state index in [1.54, 1.807) is 16.7 Å². The van der Waals surface area contributed by atoms with Crippen molar-refractivity contribution in [2.75, 3.05) is 32.1 Å². The Labute approximate surface area is 128 Å². The molecule has 1 saturated heterocycles. The molecule has 1 heterocycles. The van der Waals surface area contributed by atoms with Gasteiger partial charge in [-0.05, 0) is 17.7 Å². The van der Waals surface area contributed by atoms with Crippen LogP contribution in [0.1, 0.15) is 5.56 Å². The number of rotatable bonds is 5. The van der Waals surface area contributed by atoms with Gasteiger partial charge in [0.05, 0.1) is 25.1 Å². The molecule has 0 radical (unpaired) electrons. The zero-order valence-corrected chi connectivity index (χ0v) is 12.7. The fraction of sp³-hybridized carbons (Fsp3) is 0.500. The number of carbonyl (C=O) groups excluding carboxylic acids is 1. The van der Waals surface area contributed by atoms with Crippen LogP contribution in [-0.4, -0.2) is 54.1 Å². The summed E-state index contributed by atoms with van der Waals surface area (Å²) in [5.74, 6) is 1.34. The first-order chi connectivity index (χ1) is 9.69. The third-order valence-corrected chi connectivity index (χ3v) is 4.34. The second-order valence-electron chi connectivity index (χ2n) is 4.63.